The van der Waals surface area contributed by atoms with Crippen LogP contribution in [0.2, 0.25) is 0 Å². The Hall–Kier alpha value is -2.52. The number of piperidine rings is 1. The van der Waals surface area contributed by atoms with Gasteiger partial charge in [0, 0.05) is 36.1 Å². The summed E-state index contributed by atoms with van der Waals surface area (Å²) in [6.45, 7) is 6.02. The molecule has 1 N–H and O–H groups in total. The zero-order chi connectivity index (χ0) is 22.1. The molecule has 2 aromatic carbocycles. The van der Waals surface area contributed by atoms with Gasteiger partial charge >= 0.3 is 0 Å². The van der Waals surface area contributed by atoms with Crippen LogP contribution < -0.4 is 0 Å². The number of phenols is 1. The summed E-state index contributed by atoms with van der Waals surface area (Å²) in [6, 6.07) is 11.8. The molecule has 0 amide bonds. The summed E-state index contributed by atoms with van der Waals surface area (Å²) in [6.07, 6.45) is -0.780. The van der Waals surface area contributed by atoms with Crippen molar-refractivity contribution in [3.63, 3.8) is 0 Å². The molecule has 1 aliphatic rings. The quantitative estimate of drug-likeness (QED) is 0.682. The number of hydrogen-bond donors (Lipinski definition) is 1. The number of phenolic OH excluding ortho intramolecular Hbond substituents is 1. The zero-order valence-corrected chi connectivity index (χ0v) is 17.6. The molecule has 1 saturated heterocycles. The van der Waals surface area contributed by atoms with Gasteiger partial charge in [-0.2, -0.15) is 5.26 Å². The molecule has 1 aliphatic heterocycles. The normalized spacial score (nSPS) is 22.6. The van der Waals surface area contributed by atoms with Crippen LogP contribution in [0, 0.1) is 33.8 Å². The fourth-order valence-electron chi connectivity index (χ4n) is 4.46. The van der Waals surface area contributed by atoms with E-state index in [9.17, 15) is 19.1 Å². The number of hydrogen-bond acceptors (Lipinski definition) is 3. The molecule has 2 aromatic rings. The predicted molar refractivity (Wildman–Crippen MR) is 110 cm³/mol. The number of alkyl halides is 1. The van der Waals surface area contributed by atoms with Gasteiger partial charge in [0.1, 0.15) is 12.0 Å². The lowest BCUT2D eigenvalue weighted by Crippen LogP contribution is -2.54. The molecule has 0 aliphatic carbocycles. The Labute approximate surface area is 175 Å². The predicted octanol–water partition coefficient (Wildman–Crippen LogP) is 5.83. The first kappa shape index (κ1) is 22.2. The van der Waals surface area contributed by atoms with Gasteiger partial charge in [-0.05, 0) is 30.0 Å². The average Bonchev–Trinajstić information content (AvgIpc) is 2.70. The van der Waals surface area contributed by atoms with Gasteiger partial charge in [-0.25, -0.2) is 13.2 Å². The molecule has 0 bridgehead atoms. The highest BCUT2D eigenvalue weighted by atomic mass is 19.1. The third-order valence-electron chi connectivity index (χ3n) is 6.53. The number of likely N-dealkylation sites (tertiary alicyclic amines) is 1. The number of aromatic hydroxyl groups is 1. The van der Waals surface area contributed by atoms with Crippen LogP contribution in [0.5, 0.6) is 5.75 Å². The topological polar surface area (TPSA) is 47.3 Å². The van der Waals surface area contributed by atoms with Crippen molar-refractivity contribution in [2.24, 2.45) is 10.8 Å². The van der Waals surface area contributed by atoms with Gasteiger partial charge < -0.3 is 5.11 Å². The van der Waals surface area contributed by atoms with E-state index in [1.54, 1.807) is 35.2 Å². The summed E-state index contributed by atoms with van der Waals surface area (Å²) in [5.74, 6) is -2.40. The van der Waals surface area contributed by atoms with E-state index in [1.165, 1.54) is 0 Å². The fourth-order valence-corrected chi connectivity index (χ4v) is 4.46. The SMILES string of the molecule is CC(C)(C)C1(CC#N)CCN(Cc2c(F)cc(-c3ccccc3)c(O)c2F)CC1F. The van der Waals surface area contributed by atoms with Crippen LogP contribution in [0.4, 0.5) is 13.2 Å². The number of nitriles is 1. The van der Waals surface area contributed by atoms with E-state index in [4.69, 9.17) is 0 Å². The van der Waals surface area contributed by atoms with Crippen molar-refractivity contribution in [2.75, 3.05) is 13.1 Å². The Morgan fingerprint density at radius 1 is 1.23 bits per heavy atom. The summed E-state index contributed by atoms with van der Waals surface area (Å²) < 4.78 is 44.9. The Morgan fingerprint density at radius 2 is 1.90 bits per heavy atom. The second kappa shape index (κ2) is 8.31. The van der Waals surface area contributed by atoms with Crippen molar-refractivity contribution in [1.82, 2.24) is 4.90 Å². The van der Waals surface area contributed by atoms with Crippen LogP contribution in [0.3, 0.4) is 0 Å². The summed E-state index contributed by atoms with van der Waals surface area (Å²) in [5.41, 5.74) is -0.901. The van der Waals surface area contributed by atoms with E-state index >= 15 is 4.39 Å². The summed E-state index contributed by atoms with van der Waals surface area (Å²) >= 11 is 0. The van der Waals surface area contributed by atoms with E-state index in [0.717, 1.165) is 6.07 Å². The minimum Gasteiger partial charge on any atom is -0.504 e. The maximum absolute atomic E-state index is 15.3. The van der Waals surface area contributed by atoms with E-state index < -0.39 is 34.4 Å². The van der Waals surface area contributed by atoms with E-state index in [2.05, 4.69) is 6.07 Å². The highest BCUT2D eigenvalue weighted by molar-refractivity contribution is 5.71. The van der Waals surface area contributed by atoms with Gasteiger partial charge in [0.25, 0.3) is 0 Å². The van der Waals surface area contributed by atoms with Crippen molar-refractivity contribution in [1.29, 1.82) is 5.26 Å². The number of nitrogens with zero attached hydrogens (tertiary/aromatic N) is 2. The van der Waals surface area contributed by atoms with Crippen LogP contribution >= 0.6 is 0 Å². The van der Waals surface area contributed by atoms with Crippen molar-refractivity contribution in [3.05, 3.63) is 53.6 Å². The maximum atomic E-state index is 15.3. The number of halogens is 3. The molecule has 1 heterocycles. The third-order valence-corrected chi connectivity index (χ3v) is 6.53. The van der Waals surface area contributed by atoms with E-state index in [-0.39, 0.29) is 30.6 Å². The second-order valence-corrected chi connectivity index (χ2v) is 9.11. The molecule has 2 unspecified atom stereocenters. The maximum Gasteiger partial charge on any atom is 0.172 e. The monoisotopic (exact) mass is 416 g/mol. The molecule has 0 radical (unpaired) electrons. The molecule has 1 fully saturated rings. The first-order chi connectivity index (χ1) is 14.1. The first-order valence-electron chi connectivity index (χ1n) is 10.1. The lowest BCUT2D eigenvalue weighted by molar-refractivity contribution is -0.0664. The Bertz CT molecular complexity index is 950. The fraction of sp³-hybridized carbons (Fsp3) is 0.458. The van der Waals surface area contributed by atoms with Gasteiger partial charge in [-0.3, -0.25) is 4.90 Å². The average molecular weight is 416 g/mol. The second-order valence-electron chi connectivity index (χ2n) is 9.11. The minimum atomic E-state index is -1.30. The van der Waals surface area contributed by atoms with Crippen LogP contribution in [0.1, 0.15) is 39.2 Å². The Balaban J connectivity index is 1.85. The molecule has 160 valence electrons. The molecule has 0 spiro atoms. The van der Waals surface area contributed by atoms with Crippen LogP contribution in [-0.4, -0.2) is 29.3 Å². The molecular weight excluding hydrogens is 389 g/mol. The minimum absolute atomic E-state index is 0.0149. The van der Waals surface area contributed by atoms with Gasteiger partial charge in [0.2, 0.25) is 0 Å². The van der Waals surface area contributed by atoms with Crippen molar-refractivity contribution in [3.8, 4) is 22.9 Å². The smallest absolute Gasteiger partial charge is 0.172 e. The molecule has 30 heavy (non-hydrogen) atoms. The third kappa shape index (κ3) is 3.91. The van der Waals surface area contributed by atoms with Gasteiger partial charge in [0.15, 0.2) is 11.6 Å². The summed E-state index contributed by atoms with van der Waals surface area (Å²) in [7, 11) is 0. The molecule has 0 aromatic heterocycles. The number of rotatable bonds is 4. The Morgan fingerprint density at radius 3 is 2.47 bits per heavy atom. The molecular formula is C24H27F3N2O. The number of benzene rings is 2. The largest absolute Gasteiger partial charge is 0.504 e. The van der Waals surface area contributed by atoms with Gasteiger partial charge in [-0.15, -0.1) is 0 Å². The molecule has 6 heteroatoms. The Kier molecular flexibility index (Phi) is 6.14. The highest BCUT2D eigenvalue weighted by Crippen LogP contribution is 2.51. The standard InChI is InChI=1S/C24H27F3N2O/c1-23(2,3)24(9-11-28)10-12-29(15-20(24)26)14-18-19(25)13-17(22(30)21(18)27)16-7-5-4-6-8-16/h4-8,13,20,30H,9-10,12,14-15H2,1-3H3. The first-order valence-corrected chi connectivity index (χ1v) is 10.1. The van der Waals surface area contributed by atoms with Crippen LogP contribution in [-0.2, 0) is 6.54 Å². The zero-order valence-electron chi connectivity index (χ0n) is 17.6. The van der Waals surface area contributed by atoms with Gasteiger partial charge in [0.05, 0.1) is 6.07 Å². The highest BCUT2D eigenvalue weighted by Gasteiger charge is 2.51. The lowest BCUT2D eigenvalue weighted by Gasteiger charge is -2.51. The van der Waals surface area contributed by atoms with Gasteiger partial charge in [-0.1, -0.05) is 51.1 Å². The molecule has 0 saturated carbocycles. The van der Waals surface area contributed by atoms with Crippen LogP contribution in [0.15, 0.2) is 36.4 Å². The van der Waals surface area contributed by atoms with Crippen molar-refractivity contribution in [2.45, 2.75) is 46.3 Å². The van der Waals surface area contributed by atoms with E-state index in [1.807, 2.05) is 20.8 Å². The van der Waals surface area contributed by atoms with E-state index in [0.29, 0.717) is 18.5 Å². The summed E-state index contributed by atoms with van der Waals surface area (Å²) in [4.78, 5) is 1.65. The van der Waals surface area contributed by atoms with Crippen molar-refractivity contribution < 1.29 is 18.3 Å². The lowest BCUT2D eigenvalue weighted by atomic mass is 9.59. The summed E-state index contributed by atoms with van der Waals surface area (Å²) in [5, 5.41) is 19.6. The molecule has 3 rings (SSSR count). The van der Waals surface area contributed by atoms with Crippen molar-refractivity contribution >= 4 is 0 Å². The molecule has 2 atom stereocenters. The van der Waals surface area contributed by atoms with Crippen LogP contribution in [0.25, 0.3) is 11.1 Å². The molecule has 3 nitrogen and oxygen atoms in total.